The molecule has 0 bridgehead atoms. The van der Waals surface area contributed by atoms with Gasteiger partial charge in [-0.05, 0) is 43.9 Å². The van der Waals surface area contributed by atoms with E-state index >= 15 is 0 Å². The number of fused-ring (bicyclic) bond motifs is 1. The molecule has 3 heterocycles. The predicted octanol–water partition coefficient (Wildman–Crippen LogP) is 3.11. The normalized spacial score (nSPS) is 13.7. The minimum Gasteiger partial charge on any atom is -0.345 e. The molecule has 1 amide bonds. The Bertz CT molecular complexity index is 1270. The van der Waals surface area contributed by atoms with Gasteiger partial charge in [-0.15, -0.1) is 10.2 Å². The Kier molecular flexibility index (Phi) is 4.34. The average Bonchev–Trinajstić information content (AvgIpc) is 3.32. The largest absolute Gasteiger partial charge is 0.345 e. The first-order chi connectivity index (χ1) is 14.5. The summed E-state index contributed by atoms with van der Waals surface area (Å²) in [4.78, 5) is 18.1. The number of nitrogens with one attached hydrogen (secondary N) is 1. The maximum absolute atomic E-state index is 13.2. The van der Waals surface area contributed by atoms with Gasteiger partial charge in [0.2, 0.25) is 0 Å². The van der Waals surface area contributed by atoms with Crippen LogP contribution in [0.2, 0.25) is 0 Å². The van der Waals surface area contributed by atoms with Gasteiger partial charge in [0, 0.05) is 30.2 Å². The third kappa shape index (κ3) is 3.24. The van der Waals surface area contributed by atoms with Crippen molar-refractivity contribution in [2.45, 2.75) is 39.3 Å². The summed E-state index contributed by atoms with van der Waals surface area (Å²) in [5, 5.41) is 16.3. The Labute approximate surface area is 174 Å². The molecule has 1 N–H and O–H groups in total. The summed E-state index contributed by atoms with van der Waals surface area (Å²) in [6.45, 7) is 4.43. The van der Waals surface area contributed by atoms with Gasteiger partial charge in [-0.25, -0.2) is 4.98 Å². The third-order valence-corrected chi connectivity index (χ3v) is 5.75. The molecule has 1 aliphatic carbocycles. The van der Waals surface area contributed by atoms with E-state index in [9.17, 15) is 4.79 Å². The first-order valence-electron chi connectivity index (χ1n) is 10.1. The number of hydrogen-bond acceptors (Lipinski definition) is 5. The van der Waals surface area contributed by atoms with Gasteiger partial charge < -0.3 is 9.88 Å². The molecule has 0 saturated heterocycles. The van der Waals surface area contributed by atoms with Crippen molar-refractivity contribution in [3.8, 4) is 11.3 Å². The molecule has 152 valence electrons. The van der Waals surface area contributed by atoms with E-state index in [2.05, 4.69) is 32.1 Å². The molecule has 0 aliphatic heterocycles. The van der Waals surface area contributed by atoms with Crippen molar-refractivity contribution in [3.05, 3.63) is 59.4 Å². The van der Waals surface area contributed by atoms with E-state index in [-0.39, 0.29) is 5.91 Å². The van der Waals surface area contributed by atoms with Gasteiger partial charge in [0.05, 0.1) is 29.5 Å². The van der Waals surface area contributed by atoms with Crippen LogP contribution in [0.15, 0.2) is 36.9 Å². The summed E-state index contributed by atoms with van der Waals surface area (Å²) in [5.41, 5.74) is 5.25. The highest BCUT2D eigenvalue weighted by Gasteiger charge is 2.26. The number of benzene rings is 1. The molecule has 8 heteroatoms. The van der Waals surface area contributed by atoms with Crippen LogP contribution in [0, 0.1) is 13.8 Å². The standard InChI is InChI=1S/C22H23N7O/c1-13-4-7-17-18(22(30)23-10-20-27-24-12-29(20)16-5-6-16)8-19(26-21(17)14(13)2)15-9-25-28(3)11-15/h4,7-9,11-12,16H,5-6,10H2,1-3H3,(H,23,30). The molecule has 0 atom stereocenters. The van der Waals surface area contributed by atoms with Crippen molar-refractivity contribution in [2.75, 3.05) is 0 Å². The lowest BCUT2D eigenvalue weighted by Gasteiger charge is -2.13. The molecule has 0 spiro atoms. The second-order valence-corrected chi connectivity index (χ2v) is 7.93. The topological polar surface area (TPSA) is 90.5 Å². The molecule has 0 radical (unpaired) electrons. The predicted molar refractivity (Wildman–Crippen MR) is 113 cm³/mol. The number of pyridine rings is 1. The van der Waals surface area contributed by atoms with Crippen molar-refractivity contribution in [1.29, 1.82) is 0 Å². The summed E-state index contributed by atoms with van der Waals surface area (Å²) in [5.74, 6) is 0.629. The zero-order valence-corrected chi connectivity index (χ0v) is 17.3. The Balaban J connectivity index is 1.53. The Morgan fingerprint density at radius 1 is 1.27 bits per heavy atom. The Hall–Kier alpha value is -3.55. The monoisotopic (exact) mass is 401 g/mol. The van der Waals surface area contributed by atoms with E-state index in [0.29, 0.717) is 18.2 Å². The van der Waals surface area contributed by atoms with Crippen molar-refractivity contribution in [3.63, 3.8) is 0 Å². The summed E-state index contributed by atoms with van der Waals surface area (Å²) >= 11 is 0. The third-order valence-electron chi connectivity index (χ3n) is 5.75. The number of hydrogen-bond donors (Lipinski definition) is 1. The molecule has 30 heavy (non-hydrogen) atoms. The minimum absolute atomic E-state index is 0.152. The van der Waals surface area contributed by atoms with Gasteiger partial charge in [0.25, 0.3) is 5.91 Å². The molecule has 3 aromatic heterocycles. The van der Waals surface area contributed by atoms with Crippen LogP contribution in [0.1, 0.15) is 46.2 Å². The van der Waals surface area contributed by atoms with Crippen LogP contribution in [0.3, 0.4) is 0 Å². The zero-order chi connectivity index (χ0) is 20.8. The molecule has 8 nitrogen and oxygen atoms in total. The smallest absolute Gasteiger partial charge is 0.252 e. The number of aromatic nitrogens is 6. The van der Waals surface area contributed by atoms with Gasteiger partial charge in [-0.2, -0.15) is 5.10 Å². The first-order valence-corrected chi connectivity index (χ1v) is 10.1. The van der Waals surface area contributed by atoms with Crippen LogP contribution in [-0.4, -0.2) is 35.4 Å². The number of rotatable bonds is 5. The quantitative estimate of drug-likeness (QED) is 0.555. The molecule has 0 unspecified atom stereocenters. The second-order valence-electron chi connectivity index (χ2n) is 7.93. The van der Waals surface area contributed by atoms with E-state index in [1.165, 1.54) is 0 Å². The summed E-state index contributed by atoms with van der Waals surface area (Å²) in [7, 11) is 1.86. The SMILES string of the molecule is Cc1ccc2c(C(=O)NCc3nncn3C3CC3)cc(-c3cnn(C)c3)nc2c1C. The molecule has 1 aromatic carbocycles. The van der Waals surface area contributed by atoms with E-state index in [1.54, 1.807) is 17.2 Å². The molecule has 1 aliphatic rings. The fourth-order valence-corrected chi connectivity index (χ4v) is 3.72. The number of amides is 1. The molecular formula is C22H23N7O. The van der Waals surface area contributed by atoms with Crippen LogP contribution < -0.4 is 5.32 Å². The Morgan fingerprint density at radius 3 is 2.83 bits per heavy atom. The van der Waals surface area contributed by atoms with Crippen LogP contribution in [0.4, 0.5) is 0 Å². The maximum atomic E-state index is 13.2. The maximum Gasteiger partial charge on any atom is 0.252 e. The summed E-state index contributed by atoms with van der Waals surface area (Å²) in [6.07, 6.45) is 7.69. The van der Waals surface area contributed by atoms with Gasteiger partial charge >= 0.3 is 0 Å². The highest BCUT2D eigenvalue weighted by atomic mass is 16.1. The van der Waals surface area contributed by atoms with Crippen LogP contribution in [-0.2, 0) is 13.6 Å². The fourth-order valence-electron chi connectivity index (χ4n) is 3.72. The lowest BCUT2D eigenvalue weighted by Crippen LogP contribution is -2.25. The fraction of sp³-hybridized carbons (Fsp3) is 0.318. The molecular weight excluding hydrogens is 378 g/mol. The highest BCUT2D eigenvalue weighted by Crippen LogP contribution is 2.35. The van der Waals surface area contributed by atoms with Crippen LogP contribution >= 0.6 is 0 Å². The summed E-state index contributed by atoms with van der Waals surface area (Å²) < 4.78 is 3.79. The second kappa shape index (κ2) is 7.05. The lowest BCUT2D eigenvalue weighted by molar-refractivity contribution is 0.0951. The van der Waals surface area contributed by atoms with Gasteiger partial charge in [0.15, 0.2) is 5.82 Å². The molecule has 1 saturated carbocycles. The van der Waals surface area contributed by atoms with E-state index < -0.39 is 0 Å². The zero-order valence-electron chi connectivity index (χ0n) is 17.3. The van der Waals surface area contributed by atoms with Crippen molar-refractivity contribution >= 4 is 16.8 Å². The molecule has 1 fully saturated rings. The number of aryl methyl sites for hydroxylation is 3. The first kappa shape index (κ1) is 18.5. The molecule has 4 aromatic rings. The number of carbonyl (C=O) groups is 1. The van der Waals surface area contributed by atoms with E-state index in [4.69, 9.17) is 4.98 Å². The lowest BCUT2D eigenvalue weighted by atomic mass is 9.99. The van der Waals surface area contributed by atoms with E-state index in [1.807, 2.05) is 38.4 Å². The van der Waals surface area contributed by atoms with Gasteiger partial charge in [-0.1, -0.05) is 12.1 Å². The van der Waals surface area contributed by atoms with Crippen LogP contribution in [0.25, 0.3) is 22.2 Å². The number of nitrogens with zero attached hydrogens (tertiary/aromatic N) is 6. The highest BCUT2D eigenvalue weighted by molar-refractivity contribution is 6.08. The van der Waals surface area contributed by atoms with Crippen LogP contribution in [0.5, 0.6) is 0 Å². The van der Waals surface area contributed by atoms with Crippen molar-refractivity contribution in [2.24, 2.45) is 7.05 Å². The molecule has 5 rings (SSSR count). The number of carbonyl (C=O) groups excluding carboxylic acids is 1. The summed E-state index contributed by atoms with van der Waals surface area (Å²) in [6, 6.07) is 6.31. The average molecular weight is 401 g/mol. The Morgan fingerprint density at radius 2 is 2.10 bits per heavy atom. The van der Waals surface area contributed by atoms with Crippen molar-refractivity contribution in [1.82, 2.24) is 34.8 Å². The van der Waals surface area contributed by atoms with Gasteiger partial charge in [0.1, 0.15) is 6.33 Å². The van der Waals surface area contributed by atoms with Gasteiger partial charge in [-0.3, -0.25) is 9.48 Å². The van der Waals surface area contributed by atoms with E-state index in [0.717, 1.165) is 52.0 Å². The minimum atomic E-state index is -0.152. The van der Waals surface area contributed by atoms with Crippen molar-refractivity contribution < 1.29 is 4.79 Å².